The van der Waals surface area contributed by atoms with E-state index in [9.17, 15) is 0 Å². The van der Waals surface area contributed by atoms with Crippen molar-refractivity contribution in [3.63, 3.8) is 0 Å². The summed E-state index contributed by atoms with van der Waals surface area (Å²) in [5.41, 5.74) is 4.08. The Labute approximate surface area is 121 Å². The molecule has 4 nitrogen and oxygen atoms in total. The second kappa shape index (κ2) is 5.44. The molecular weight excluding hydrogens is 248 g/mol. The predicted octanol–water partition coefficient (Wildman–Crippen LogP) is 2.75. The lowest BCUT2D eigenvalue weighted by molar-refractivity contribution is 0.144. The molecule has 108 valence electrons. The average Bonchev–Trinajstić information content (AvgIpc) is 3.04. The first kappa shape index (κ1) is 13.4. The Morgan fingerprint density at radius 1 is 1.30 bits per heavy atom. The number of aromatic nitrogens is 3. The molecule has 3 heterocycles. The van der Waals surface area contributed by atoms with Gasteiger partial charge in [0.25, 0.3) is 0 Å². The first-order valence-electron chi connectivity index (χ1n) is 7.63. The van der Waals surface area contributed by atoms with Crippen LogP contribution in [0.3, 0.4) is 0 Å². The highest BCUT2D eigenvalue weighted by Gasteiger charge is 2.26. The van der Waals surface area contributed by atoms with Crippen molar-refractivity contribution in [1.29, 1.82) is 0 Å². The van der Waals surface area contributed by atoms with Crippen LogP contribution in [0.15, 0.2) is 24.5 Å². The third kappa shape index (κ3) is 2.29. The average molecular weight is 272 g/mol. The number of hydrogen-bond acceptors (Lipinski definition) is 2. The summed E-state index contributed by atoms with van der Waals surface area (Å²) in [4.78, 5) is 2.60. The lowest BCUT2D eigenvalue weighted by atomic mass is 10.1. The van der Waals surface area contributed by atoms with Gasteiger partial charge in [-0.05, 0) is 25.0 Å². The van der Waals surface area contributed by atoms with Crippen LogP contribution in [0.2, 0.25) is 0 Å². The van der Waals surface area contributed by atoms with Crippen molar-refractivity contribution < 1.29 is 0 Å². The topological polar surface area (TPSA) is 26.0 Å². The molecule has 2 aromatic rings. The number of aryl methyl sites for hydroxylation is 2. The monoisotopic (exact) mass is 272 g/mol. The molecule has 0 saturated carbocycles. The Kier molecular flexibility index (Phi) is 3.66. The number of hydrogen-bond donors (Lipinski definition) is 0. The molecule has 0 fully saturated rings. The van der Waals surface area contributed by atoms with Gasteiger partial charge >= 0.3 is 0 Å². The van der Waals surface area contributed by atoms with Gasteiger partial charge in [-0.3, -0.25) is 9.58 Å². The van der Waals surface area contributed by atoms with Crippen molar-refractivity contribution in [3.05, 3.63) is 41.5 Å². The zero-order valence-electron chi connectivity index (χ0n) is 12.7. The van der Waals surface area contributed by atoms with Crippen molar-refractivity contribution >= 4 is 0 Å². The lowest BCUT2D eigenvalue weighted by Gasteiger charge is -2.36. The van der Waals surface area contributed by atoms with Crippen LogP contribution in [0.4, 0.5) is 0 Å². The molecule has 0 radical (unpaired) electrons. The van der Waals surface area contributed by atoms with E-state index in [0.717, 1.165) is 32.5 Å². The van der Waals surface area contributed by atoms with Crippen LogP contribution in [0.1, 0.15) is 43.3 Å². The SMILES string of the molecule is CCc1nn(C)cc1CN1CCn2cccc2C1CC. The van der Waals surface area contributed by atoms with E-state index >= 15 is 0 Å². The van der Waals surface area contributed by atoms with Gasteiger partial charge in [-0.2, -0.15) is 5.10 Å². The Morgan fingerprint density at radius 3 is 2.90 bits per heavy atom. The summed E-state index contributed by atoms with van der Waals surface area (Å²) in [6.45, 7) is 7.70. The fourth-order valence-electron chi connectivity index (χ4n) is 3.40. The van der Waals surface area contributed by atoms with Crippen molar-refractivity contribution in [2.75, 3.05) is 6.54 Å². The summed E-state index contributed by atoms with van der Waals surface area (Å²) in [6.07, 6.45) is 6.55. The summed E-state index contributed by atoms with van der Waals surface area (Å²) < 4.78 is 4.34. The van der Waals surface area contributed by atoms with E-state index in [4.69, 9.17) is 0 Å². The van der Waals surface area contributed by atoms with Crippen molar-refractivity contribution in [2.24, 2.45) is 7.05 Å². The van der Waals surface area contributed by atoms with Crippen LogP contribution < -0.4 is 0 Å². The smallest absolute Gasteiger partial charge is 0.0666 e. The van der Waals surface area contributed by atoms with Crippen molar-refractivity contribution in [2.45, 2.75) is 45.8 Å². The molecule has 1 aliphatic rings. The largest absolute Gasteiger partial charge is 0.349 e. The summed E-state index contributed by atoms with van der Waals surface area (Å²) in [5.74, 6) is 0. The van der Waals surface area contributed by atoms with Gasteiger partial charge in [0.1, 0.15) is 0 Å². The molecule has 0 saturated heterocycles. The Bertz CT molecular complexity index is 581. The highest BCUT2D eigenvalue weighted by Crippen LogP contribution is 2.30. The minimum absolute atomic E-state index is 0.531. The molecule has 2 aromatic heterocycles. The van der Waals surface area contributed by atoms with Gasteiger partial charge in [0.05, 0.1) is 11.7 Å². The maximum atomic E-state index is 4.56. The standard InChI is InChI=1S/C16H24N4/c1-4-14-13(11-18(3)17-14)12-20-10-9-19-8-6-7-16(19)15(20)5-2/h6-8,11,15H,4-5,9-10,12H2,1-3H3. The van der Waals surface area contributed by atoms with Crippen LogP contribution in [0.5, 0.6) is 0 Å². The molecule has 1 aliphatic heterocycles. The second-order valence-corrected chi connectivity index (χ2v) is 5.65. The maximum Gasteiger partial charge on any atom is 0.0666 e. The predicted molar refractivity (Wildman–Crippen MR) is 80.5 cm³/mol. The van der Waals surface area contributed by atoms with Gasteiger partial charge in [0, 0.05) is 50.3 Å². The summed E-state index contributed by atoms with van der Waals surface area (Å²) >= 11 is 0. The molecule has 4 heteroatoms. The minimum atomic E-state index is 0.531. The van der Waals surface area contributed by atoms with E-state index in [1.165, 1.54) is 17.0 Å². The van der Waals surface area contributed by atoms with Gasteiger partial charge in [-0.25, -0.2) is 0 Å². The molecule has 0 N–H and O–H groups in total. The van der Waals surface area contributed by atoms with Gasteiger partial charge < -0.3 is 4.57 Å². The van der Waals surface area contributed by atoms with Gasteiger partial charge in [0.15, 0.2) is 0 Å². The van der Waals surface area contributed by atoms with Crippen LogP contribution in [0, 0.1) is 0 Å². The third-order valence-corrected chi connectivity index (χ3v) is 4.36. The number of nitrogens with zero attached hydrogens (tertiary/aromatic N) is 4. The molecule has 3 rings (SSSR count). The van der Waals surface area contributed by atoms with E-state index in [1.807, 2.05) is 11.7 Å². The number of rotatable bonds is 4. The summed E-state index contributed by atoms with van der Waals surface area (Å²) in [5, 5.41) is 4.56. The Morgan fingerprint density at radius 2 is 2.15 bits per heavy atom. The Balaban J connectivity index is 1.84. The molecule has 0 aromatic carbocycles. The van der Waals surface area contributed by atoms with Gasteiger partial charge in [-0.15, -0.1) is 0 Å². The third-order valence-electron chi connectivity index (χ3n) is 4.36. The first-order valence-corrected chi connectivity index (χ1v) is 7.63. The van der Waals surface area contributed by atoms with E-state index in [-0.39, 0.29) is 0 Å². The highest BCUT2D eigenvalue weighted by atomic mass is 15.3. The maximum absolute atomic E-state index is 4.56. The van der Waals surface area contributed by atoms with Gasteiger partial charge in [0.2, 0.25) is 0 Å². The highest BCUT2D eigenvalue weighted by molar-refractivity contribution is 5.19. The van der Waals surface area contributed by atoms with E-state index in [2.05, 4.69) is 52.9 Å². The molecule has 1 unspecified atom stereocenters. The molecule has 0 aliphatic carbocycles. The molecular formula is C16H24N4. The molecule has 20 heavy (non-hydrogen) atoms. The zero-order chi connectivity index (χ0) is 14.1. The fourth-order valence-corrected chi connectivity index (χ4v) is 3.40. The van der Waals surface area contributed by atoms with Crippen LogP contribution in [-0.2, 0) is 26.6 Å². The first-order chi connectivity index (χ1) is 9.72. The zero-order valence-corrected chi connectivity index (χ0v) is 12.7. The molecule has 1 atom stereocenters. The van der Waals surface area contributed by atoms with E-state index in [0.29, 0.717) is 6.04 Å². The quantitative estimate of drug-likeness (QED) is 0.855. The molecule has 0 amide bonds. The minimum Gasteiger partial charge on any atom is -0.349 e. The van der Waals surface area contributed by atoms with E-state index in [1.54, 1.807) is 0 Å². The normalized spacial score (nSPS) is 19.2. The van der Waals surface area contributed by atoms with Crippen LogP contribution in [0.25, 0.3) is 0 Å². The van der Waals surface area contributed by atoms with Gasteiger partial charge in [-0.1, -0.05) is 13.8 Å². The molecule has 0 bridgehead atoms. The fraction of sp³-hybridized carbons (Fsp3) is 0.562. The molecule has 0 spiro atoms. The number of fused-ring (bicyclic) bond motifs is 1. The van der Waals surface area contributed by atoms with Crippen LogP contribution in [-0.4, -0.2) is 25.8 Å². The van der Waals surface area contributed by atoms with E-state index < -0.39 is 0 Å². The summed E-state index contributed by atoms with van der Waals surface area (Å²) in [7, 11) is 2.02. The summed E-state index contributed by atoms with van der Waals surface area (Å²) in [6, 6.07) is 4.97. The van der Waals surface area contributed by atoms with Crippen molar-refractivity contribution in [1.82, 2.24) is 19.2 Å². The second-order valence-electron chi connectivity index (χ2n) is 5.65. The Hall–Kier alpha value is -1.55. The van der Waals surface area contributed by atoms with Crippen LogP contribution >= 0.6 is 0 Å². The van der Waals surface area contributed by atoms with Crippen molar-refractivity contribution in [3.8, 4) is 0 Å². The lowest BCUT2D eigenvalue weighted by Crippen LogP contribution is -2.37.